The fourth-order valence-electron chi connectivity index (χ4n) is 3.11. The van der Waals surface area contributed by atoms with Gasteiger partial charge < -0.3 is 29.2 Å². The summed E-state index contributed by atoms with van der Waals surface area (Å²) in [6.07, 6.45) is 2.40. The number of ether oxygens (including phenoxy) is 4. The van der Waals surface area contributed by atoms with Gasteiger partial charge in [-0.05, 0) is 56.8 Å². The van der Waals surface area contributed by atoms with E-state index in [0.29, 0.717) is 30.5 Å². The fourth-order valence-corrected chi connectivity index (χ4v) is 3.23. The van der Waals surface area contributed by atoms with Crippen LogP contribution < -0.4 is 10.1 Å². The lowest BCUT2D eigenvalue weighted by atomic mass is 10.2. The molecule has 9 nitrogen and oxygen atoms in total. The molecule has 2 rings (SSSR count). The number of nitrogens with zero attached hydrogens (tertiary/aromatic N) is 3. The van der Waals surface area contributed by atoms with E-state index in [2.05, 4.69) is 28.9 Å². The molecule has 43 heavy (non-hydrogen) atoms. The number of aliphatic imine (C=N–C) groups is 2. The lowest BCUT2D eigenvalue weighted by molar-refractivity contribution is -0.132. The van der Waals surface area contributed by atoms with Crippen molar-refractivity contribution in [2.24, 2.45) is 9.98 Å². The average molecular weight is 627 g/mol. The first-order valence-electron chi connectivity index (χ1n) is 14.6. The molecular formula is C32H52ClFN4O5. The predicted molar refractivity (Wildman–Crippen MR) is 177 cm³/mol. The van der Waals surface area contributed by atoms with Crippen LogP contribution in [0, 0.1) is 5.82 Å². The molecule has 2 aromatic rings. The summed E-state index contributed by atoms with van der Waals surface area (Å²) in [5.41, 5.74) is 1.53. The molecule has 0 aromatic heterocycles. The van der Waals surface area contributed by atoms with Crippen molar-refractivity contribution < 1.29 is 28.1 Å². The van der Waals surface area contributed by atoms with Crippen LogP contribution in [0.25, 0.3) is 0 Å². The van der Waals surface area contributed by atoms with Crippen LogP contribution in [0.2, 0.25) is 5.02 Å². The predicted octanol–water partition coefficient (Wildman–Crippen LogP) is 7.83. The largest absolute Gasteiger partial charge is 0.488 e. The third-order valence-electron chi connectivity index (χ3n) is 4.96. The Labute approximate surface area is 263 Å². The van der Waals surface area contributed by atoms with Gasteiger partial charge in [0, 0.05) is 37.5 Å². The molecule has 1 atom stereocenters. The lowest BCUT2D eigenvalue weighted by Gasteiger charge is -2.19. The van der Waals surface area contributed by atoms with Crippen LogP contribution in [0.3, 0.4) is 0 Å². The molecular weight excluding hydrogens is 575 g/mol. The maximum Gasteiger partial charge on any atom is 0.310 e. The van der Waals surface area contributed by atoms with Crippen molar-refractivity contribution in [1.29, 1.82) is 0 Å². The van der Waals surface area contributed by atoms with Crippen LogP contribution in [-0.2, 0) is 25.5 Å². The average Bonchev–Trinajstić information content (AvgIpc) is 3.03. The molecule has 0 aliphatic carbocycles. The van der Waals surface area contributed by atoms with Crippen molar-refractivity contribution in [3.63, 3.8) is 0 Å². The molecule has 0 aliphatic heterocycles. The number of rotatable bonds is 15. The standard InChI is InChI=1S/C18H20ClFN2O2.C10H20N2O3.2C2H6/c1-13(2)24-18-8-7-16(9-17(18)20)21-11-22(12-23)10-14-3-5-15(19)6-4-14;1-5-6-9(13-4)14-7-8-15-10(11-2)12-3;2*1-2/h3-9,12-13,21H,10-11H2,1-2H3;9H,2,5-8H2,1,3-4H3;2*1-2H3. The summed E-state index contributed by atoms with van der Waals surface area (Å²) in [7, 11) is 3.23. The second kappa shape index (κ2) is 27.6. The van der Waals surface area contributed by atoms with Crippen molar-refractivity contribution in [1.82, 2.24) is 4.90 Å². The summed E-state index contributed by atoms with van der Waals surface area (Å²) in [5.74, 6) is -0.229. The summed E-state index contributed by atoms with van der Waals surface area (Å²) >= 11 is 5.84. The highest BCUT2D eigenvalue weighted by atomic mass is 35.5. The minimum absolute atomic E-state index is 0.0942. The Morgan fingerprint density at radius 2 is 1.77 bits per heavy atom. The van der Waals surface area contributed by atoms with Gasteiger partial charge >= 0.3 is 6.02 Å². The minimum Gasteiger partial charge on any atom is -0.488 e. The van der Waals surface area contributed by atoms with Crippen LogP contribution in [0.4, 0.5) is 10.1 Å². The zero-order valence-electron chi connectivity index (χ0n) is 27.4. The normalized spacial score (nSPS) is 10.9. The van der Waals surface area contributed by atoms with Gasteiger partial charge in [0.25, 0.3) is 0 Å². The monoisotopic (exact) mass is 626 g/mol. The minimum atomic E-state index is -0.441. The molecule has 0 bridgehead atoms. The van der Waals surface area contributed by atoms with Gasteiger partial charge in [0.2, 0.25) is 6.41 Å². The number of benzene rings is 2. The highest BCUT2D eigenvalue weighted by Gasteiger charge is 2.08. The van der Waals surface area contributed by atoms with E-state index in [4.69, 9.17) is 30.5 Å². The highest BCUT2D eigenvalue weighted by Crippen LogP contribution is 2.22. The Bertz CT molecular complexity index is 1010. The quantitative estimate of drug-likeness (QED) is 0.0712. The summed E-state index contributed by atoms with van der Waals surface area (Å²) < 4.78 is 35.0. The van der Waals surface area contributed by atoms with E-state index >= 15 is 0 Å². The number of amidine groups is 1. The third kappa shape index (κ3) is 20.4. The number of hydrogen-bond donors (Lipinski definition) is 1. The summed E-state index contributed by atoms with van der Waals surface area (Å²) in [5, 5.41) is 3.67. The second-order valence-electron chi connectivity index (χ2n) is 8.46. The van der Waals surface area contributed by atoms with Gasteiger partial charge in [0.15, 0.2) is 17.9 Å². The first kappa shape index (κ1) is 41.9. The lowest BCUT2D eigenvalue weighted by Crippen LogP contribution is -2.27. The zero-order chi connectivity index (χ0) is 33.0. The Hall–Kier alpha value is -3.21. The van der Waals surface area contributed by atoms with Crippen LogP contribution in [-0.4, -0.2) is 70.5 Å². The number of carbonyl (C=O) groups is 1. The van der Waals surface area contributed by atoms with Crippen molar-refractivity contribution in [2.75, 3.05) is 39.4 Å². The van der Waals surface area contributed by atoms with Gasteiger partial charge in [-0.25, -0.2) is 14.4 Å². The van der Waals surface area contributed by atoms with Gasteiger partial charge in [-0.3, -0.25) is 4.79 Å². The van der Waals surface area contributed by atoms with E-state index in [0.717, 1.165) is 24.8 Å². The number of carbonyl (C=O) groups excluding carboxylic acids is 1. The maximum atomic E-state index is 13.9. The van der Waals surface area contributed by atoms with Crippen LogP contribution in [0.15, 0.2) is 52.4 Å². The molecule has 11 heteroatoms. The number of anilines is 1. The van der Waals surface area contributed by atoms with Crippen LogP contribution in [0.1, 0.15) is 66.9 Å². The van der Waals surface area contributed by atoms with E-state index in [1.165, 1.54) is 6.07 Å². The Kier molecular flexibility index (Phi) is 26.9. The Morgan fingerprint density at radius 3 is 2.26 bits per heavy atom. The summed E-state index contributed by atoms with van der Waals surface area (Å²) in [6.45, 7) is 18.6. The Balaban J connectivity index is 0. The number of methoxy groups -OCH3 is 1. The molecule has 1 N–H and O–H groups in total. The molecule has 0 saturated carbocycles. The molecule has 0 radical (unpaired) electrons. The molecule has 1 amide bonds. The first-order chi connectivity index (χ1) is 20.8. The molecule has 244 valence electrons. The molecule has 0 heterocycles. The molecule has 0 saturated heterocycles. The number of nitrogens with one attached hydrogen (secondary N) is 1. The smallest absolute Gasteiger partial charge is 0.310 e. The highest BCUT2D eigenvalue weighted by molar-refractivity contribution is 6.30. The molecule has 2 aromatic carbocycles. The van der Waals surface area contributed by atoms with Gasteiger partial charge in [-0.1, -0.05) is 64.8 Å². The van der Waals surface area contributed by atoms with Crippen molar-refractivity contribution in [3.05, 3.63) is 58.9 Å². The molecule has 0 fully saturated rings. The van der Waals surface area contributed by atoms with Crippen LogP contribution in [0.5, 0.6) is 5.75 Å². The summed E-state index contributed by atoms with van der Waals surface area (Å²) in [6, 6.07) is 12.2. The number of hydrogen-bond acceptors (Lipinski definition) is 7. The van der Waals surface area contributed by atoms with E-state index in [9.17, 15) is 9.18 Å². The van der Waals surface area contributed by atoms with Crippen molar-refractivity contribution >= 4 is 36.4 Å². The van der Waals surface area contributed by atoms with E-state index < -0.39 is 5.82 Å². The fraction of sp³-hybridized carbons (Fsp3) is 0.531. The third-order valence-corrected chi connectivity index (χ3v) is 5.21. The van der Waals surface area contributed by atoms with Crippen molar-refractivity contribution in [2.45, 2.75) is 80.2 Å². The maximum absolute atomic E-state index is 13.9. The van der Waals surface area contributed by atoms with Crippen LogP contribution >= 0.6 is 11.6 Å². The van der Waals surface area contributed by atoms with E-state index in [1.807, 2.05) is 53.7 Å². The van der Waals surface area contributed by atoms with Gasteiger partial charge in [-0.15, -0.1) is 0 Å². The van der Waals surface area contributed by atoms with E-state index in [1.54, 1.807) is 43.3 Å². The Morgan fingerprint density at radius 1 is 1.12 bits per heavy atom. The van der Waals surface area contributed by atoms with Gasteiger partial charge in [0.1, 0.15) is 6.61 Å². The SMILES string of the molecule is C=NC(=NC)OCCOC(CCC)OC.CC.CC.CC(C)Oc1ccc(NCN(C=O)Cc2ccc(Cl)cc2)cc1F. The number of amides is 1. The molecule has 1 unspecified atom stereocenters. The summed E-state index contributed by atoms with van der Waals surface area (Å²) in [4.78, 5) is 20.1. The molecule has 0 aliphatic rings. The number of halogens is 2. The van der Waals surface area contributed by atoms with E-state index in [-0.39, 0.29) is 30.8 Å². The topological polar surface area (TPSA) is 94.0 Å². The van der Waals surface area contributed by atoms with Crippen molar-refractivity contribution in [3.8, 4) is 5.75 Å². The van der Waals surface area contributed by atoms with Gasteiger partial charge in [-0.2, -0.15) is 0 Å². The zero-order valence-corrected chi connectivity index (χ0v) is 28.1. The molecule has 0 spiro atoms. The van der Waals surface area contributed by atoms with Gasteiger partial charge in [0.05, 0.1) is 19.4 Å². The second-order valence-corrected chi connectivity index (χ2v) is 8.90. The first-order valence-corrected chi connectivity index (χ1v) is 15.0.